The molecule has 0 radical (unpaired) electrons. The quantitative estimate of drug-likeness (QED) is 0.238. The van der Waals surface area contributed by atoms with E-state index in [1.807, 2.05) is 32.9 Å². The molecular formula is C37H53Cl2FN8O4. The number of methoxy groups -OCH3 is 1. The van der Waals surface area contributed by atoms with Crippen LogP contribution < -0.4 is 25.6 Å². The Morgan fingerprint density at radius 2 is 1.75 bits per heavy atom. The summed E-state index contributed by atoms with van der Waals surface area (Å²) in [5.74, 6) is -0.0268. The molecule has 12 nitrogen and oxygen atoms in total. The lowest BCUT2D eigenvalue weighted by Gasteiger charge is -2.36. The van der Waals surface area contributed by atoms with Gasteiger partial charge in [0.15, 0.2) is 5.78 Å². The van der Waals surface area contributed by atoms with Gasteiger partial charge in [-0.1, -0.05) is 27.7 Å². The molecule has 0 bridgehead atoms. The zero-order valence-electron chi connectivity index (χ0n) is 31.1. The van der Waals surface area contributed by atoms with Gasteiger partial charge in [0, 0.05) is 61.8 Å². The van der Waals surface area contributed by atoms with Crippen LogP contribution in [0.2, 0.25) is 0 Å². The van der Waals surface area contributed by atoms with Gasteiger partial charge in [0.05, 0.1) is 30.4 Å². The number of nitrogens with zero attached hydrogens (tertiary/aromatic N) is 5. The lowest BCUT2D eigenvalue weighted by molar-refractivity contribution is -0.143. The highest BCUT2D eigenvalue weighted by molar-refractivity contribution is 5.97. The van der Waals surface area contributed by atoms with Crippen molar-refractivity contribution in [2.45, 2.75) is 72.0 Å². The highest BCUT2D eigenvalue weighted by atomic mass is 35.5. The molecular weight excluding hydrogens is 710 g/mol. The molecule has 1 aromatic heterocycles. The van der Waals surface area contributed by atoms with Gasteiger partial charge in [0.2, 0.25) is 11.8 Å². The van der Waals surface area contributed by atoms with Gasteiger partial charge in [-0.25, -0.2) is 14.4 Å². The molecule has 3 atom stereocenters. The van der Waals surface area contributed by atoms with Crippen LogP contribution in [0.3, 0.4) is 0 Å². The number of anilines is 3. The molecule has 2 amide bonds. The van der Waals surface area contributed by atoms with Crippen molar-refractivity contribution in [1.29, 1.82) is 0 Å². The summed E-state index contributed by atoms with van der Waals surface area (Å²) in [7, 11) is 3.22. The van der Waals surface area contributed by atoms with E-state index in [2.05, 4.69) is 42.6 Å². The second-order valence-corrected chi connectivity index (χ2v) is 14.3. The van der Waals surface area contributed by atoms with E-state index in [1.165, 1.54) is 19.5 Å². The first-order chi connectivity index (χ1) is 23.8. The van der Waals surface area contributed by atoms with E-state index in [-0.39, 0.29) is 54.6 Å². The number of hydrogen-bond donors (Lipinski definition) is 3. The fourth-order valence-electron chi connectivity index (χ4n) is 6.72. The maximum atomic E-state index is 15.4. The summed E-state index contributed by atoms with van der Waals surface area (Å²) in [6, 6.07) is 6.78. The van der Waals surface area contributed by atoms with Crippen LogP contribution >= 0.6 is 24.8 Å². The number of halogens is 3. The number of ketones is 1. The average molecular weight is 764 g/mol. The molecule has 286 valence electrons. The van der Waals surface area contributed by atoms with E-state index in [4.69, 9.17) is 4.74 Å². The standard InChI is InChI=1S/C37H51FN8O4.2ClH/c1-8-44-14-16-45(17-15-44)29-12-11-25(20-27(29)38)42-34-26-18-24(32(50-7)21-28(26)40-22-41-34)19-31(47)30-10-9-13-46(30)36(49)33(37(3,4)5)43-35(48)23(2)39-6;;/h11-12,18,20-23,30,33,39H,8-10,13-17,19H2,1-7H3,(H,43,48)(H,40,41,42);2*1H/t23-,30-,33+;;/m0../s1. The Morgan fingerprint density at radius 3 is 2.37 bits per heavy atom. The van der Waals surface area contributed by atoms with Crippen molar-refractivity contribution >= 4 is 70.5 Å². The fourth-order valence-corrected chi connectivity index (χ4v) is 6.72. The van der Waals surface area contributed by atoms with E-state index in [0.717, 1.165) is 32.7 Å². The number of carbonyl (C=O) groups is 3. The molecule has 15 heteroatoms. The SMILES string of the molecule is CCN1CCN(c2ccc(Nc3ncnc4cc(OC)c(CC(=O)[C@@H]5CCCN5C(=O)[C@@H](NC(=O)[C@H](C)NC)C(C)(C)C)cc34)cc2F)CC1.Cl.Cl. The molecule has 2 aromatic carbocycles. The summed E-state index contributed by atoms with van der Waals surface area (Å²) in [5.41, 5.74) is 1.76. The lowest BCUT2D eigenvalue weighted by Crippen LogP contribution is -2.58. The number of hydrogen-bond acceptors (Lipinski definition) is 10. The second-order valence-electron chi connectivity index (χ2n) is 14.3. The Bertz CT molecular complexity index is 1720. The molecule has 0 aliphatic carbocycles. The minimum Gasteiger partial charge on any atom is -0.496 e. The highest BCUT2D eigenvalue weighted by Crippen LogP contribution is 2.33. The Labute approximate surface area is 318 Å². The summed E-state index contributed by atoms with van der Waals surface area (Å²) in [6.07, 6.45) is 2.65. The summed E-state index contributed by atoms with van der Waals surface area (Å²) in [6.45, 7) is 14.3. The smallest absolute Gasteiger partial charge is 0.246 e. The number of rotatable bonds is 12. The first-order valence-corrected chi connectivity index (χ1v) is 17.5. The number of aromatic nitrogens is 2. The van der Waals surface area contributed by atoms with Crippen LogP contribution in [-0.4, -0.2) is 109 Å². The number of piperazine rings is 1. The van der Waals surface area contributed by atoms with E-state index in [1.54, 1.807) is 31.0 Å². The predicted molar refractivity (Wildman–Crippen MR) is 208 cm³/mol. The van der Waals surface area contributed by atoms with Crippen LogP contribution in [0.1, 0.15) is 53.0 Å². The molecule has 0 spiro atoms. The van der Waals surface area contributed by atoms with Crippen molar-refractivity contribution in [3.05, 3.63) is 48.0 Å². The number of amides is 2. The number of fused-ring (bicyclic) bond motifs is 1. The monoisotopic (exact) mass is 762 g/mol. The number of likely N-dealkylation sites (N-methyl/N-ethyl adjacent to an activating group) is 2. The summed E-state index contributed by atoms with van der Waals surface area (Å²) >= 11 is 0. The molecule has 2 fully saturated rings. The van der Waals surface area contributed by atoms with E-state index in [9.17, 15) is 14.4 Å². The third kappa shape index (κ3) is 9.60. The summed E-state index contributed by atoms with van der Waals surface area (Å²) < 4.78 is 21.1. The van der Waals surface area contributed by atoms with Crippen molar-refractivity contribution in [3.63, 3.8) is 0 Å². The minimum absolute atomic E-state index is 0. The molecule has 52 heavy (non-hydrogen) atoms. The maximum absolute atomic E-state index is 15.4. The summed E-state index contributed by atoms with van der Waals surface area (Å²) in [4.78, 5) is 55.6. The minimum atomic E-state index is -0.801. The highest BCUT2D eigenvalue weighted by Gasteiger charge is 2.42. The largest absolute Gasteiger partial charge is 0.496 e. The van der Waals surface area contributed by atoms with Crippen LogP contribution in [-0.2, 0) is 20.8 Å². The Balaban J connectivity index is 0.00000364. The second kappa shape index (κ2) is 18.3. The predicted octanol–water partition coefficient (Wildman–Crippen LogP) is 4.75. The van der Waals surface area contributed by atoms with Gasteiger partial charge < -0.3 is 35.4 Å². The Kier molecular flexibility index (Phi) is 15.0. The van der Waals surface area contributed by atoms with Gasteiger partial charge in [-0.2, -0.15) is 0 Å². The molecule has 2 aliphatic rings. The Morgan fingerprint density at radius 1 is 1.04 bits per heavy atom. The Hall–Kier alpha value is -3.78. The first-order valence-electron chi connectivity index (χ1n) is 17.5. The van der Waals surface area contributed by atoms with Gasteiger partial charge >= 0.3 is 0 Å². The van der Waals surface area contributed by atoms with Gasteiger partial charge in [-0.15, -0.1) is 24.8 Å². The third-order valence-electron chi connectivity index (χ3n) is 9.91. The van der Waals surface area contributed by atoms with Gasteiger partial charge in [-0.3, -0.25) is 14.4 Å². The van der Waals surface area contributed by atoms with Crippen LogP contribution in [0.4, 0.5) is 21.6 Å². The number of likely N-dealkylation sites (tertiary alicyclic amines) is 1. The number of ether oxygens (including phenoxy) is 1. The van der Waals surface area contributed by atoms with Crippen molar-refractivity contribution in [2.24, 2.45) is 5.41 Å². The molecule has 5 rings (SSSR count). The first kappa shape index (κ1) is 42.6. The van der Waals surface area contributed by atoms with Crippen LogP contribution in [0.15, 0.2) is 36.7 Å². The van der Waals surface area contributed by atoms with Gasteiger partial charge in [0.25, 0.3) is 0 Å². The van der Waals surface area contributed by atoms with Crippen molar-refractivity contribution in [1.82, 2.24) is 30.4 Å². The summed E-state index contributed by atoms with van der Waals surface area (Å²) in [5, 5.41) is 9.71. The topological polar surface area (TPSA) is 132 Å². The molecule has 3 heterocycles. The average Bonchev–Trinajstić information content (AvgIpc) is 3.60. The van der Waals surface area contributed by atoms with Crippen molar-refractivity contribution in [2.75, 3.05) is 63.6 Å². The maximum Gasteiger partial charge on any atom is 0.246 e. The van der Waals surface area contributed by atoms with E-state index >= 15 is 4.39 Å². The third-order valence-corrected chi connectivity index (χ3v) is 9.91. The number of benzene rings is 2. The van der Waals surface area contributed by atoms with E-state index in [0.29, 0.717) is 58.8 Å². The fraction of sp³-hybridized carbons (Fsp3) is 0.541. The zero-order valence-corrected chi connectivity index (χ0v) is 32.8. The molecule has 0 unspecified atom stereocenters. The lowest BCUT2D eigenvalue weighted by atomic mass is 9.85. The zero-order chi connectivity index (χ0) is 36.2. The van der Waals surface area contributed by atoms with Crippen LogP contribution in [0.5, 0.6) is 5.75 Å². The van der Waals surface area contributed by atoms with Crippen molar-refractivity contribution in [3.8, 4) is 5.75 Å². The number of nitrogens with one attached hydrogen (secondary N) is 3. The number of Topliss-reactive ketones (excluding diaryl/α,β-unsaturated/α-hetero) is 1. The molecule has 2 saturated heterocycles. The molecule has 3 aromatic rings. The van der Waals surface area contributed by atoms with Crippen LogP contribution in [0.25, 0.3) is 10.9 Å². The molecule has 2 aliphatic heterocycles. The molecule has 0 saturated carbocycles. The van der Waals surface area contributed by atoms with E-state index < -0.39 is 23.5 Å². The normalized spacial score (nSPS) is 17.5. The van der Waals surface area contributed by atoms with Gasteiger partial charge in [-0.05, 0) is 63.0 Å². The van der Waals surface area contributed by atoms with Gasteiger partial charge in [0.1, 0.15) is 29.8 Å². The number of carbonyl (C=O) groups excluding carboxylic acids is 3. The van der Waals surface area contributed by atoms with Crippen LogP contribution in [0, 0.1) is 11.2 Å². The molecule has 3 N–H and O–H groups in total. The van der Waals surface area contributed by atoms with Crippen molar-refractivity contribution < 1.29 is 23.5 Å².